The van der Waals surface area contributed by atoms with Gasteiger partial charge in [0.25, 0.3) is 5.91 Å². The maximum Gasteiger partial charge on any atom is 0.257 e. The van der Waals surface area contributed by atoms with Gasteiger partial charge in [-0.15, -0.1) is 0 Å². The molecule has 1 aliphatic heterocycles. The highest BCUT2D eigenvalue weighted by atomic mass is 32.2. The van der Waals surface area contributed by atoms with Crippen LogP contribution >= 0.6 is 11.3 Å². The molecule has 0 bridgehead atoms. The van der Waals surface area contributed by atoms with Crippen LogP contribution in [0, 0.1) is 6.92 Å². The molecule has 1 saturated heterocycles. The van der Waals surface area contributed by atoms with Crippen molar-refractivity contribution in [2.24, 2.45) is 0 Å². The molecule has 0 saturated carbocycles. The summed E-state index contributed by atoms with van der Waals surface area (Å²) in [6.45, 7) is 2.95. The largest absolute Gasteiger partial charge is 0.494 e. The summed E-state index contributed by atoms with van der Waals surface area (Å²) >= 11 is 1.37. The van der Waals surface area contributed by atoms with Crippen molar-refractivity contribution in [1.82, 2.24) is 9.29 Å². The summed E-state index contributed by atoms with van der Waals surface area (Å²) in [6.07, 6.45) is 1.73. The number of fused-ring (bicyclic) bond motifs is 1. The van der Waals surface area contributed by atoms with Gasteiger partial charge in [0.1, 0.15) is 11.3 Å². The van der Waals surface area contributed by atoms with Gasteiger partial charge in [0.15, 0.2) is 5.13 Å². The number of amides is 1. The number of ether oxygens (including phenoxy) is 2. The number of likely N-dealkylation sites (N-methyl/N-ethyl adjacent to an activating group) is 1. The van der Waals surface area contributed by atoms with Gasteiger partial charge in [-0.05, 0) is 55.7 Å². The average molecular weight is 476 g/mol. The van der Waals surface area contributed by atoms with E-state index in [-0.39, 0.29) is 16.9 Å². The van der Waals surface area contributed by atoms with E-state index in [2.05, 4.69) is 10.3 Å². The van der Waals surface area contributed by atoms with Gasteiger partial charge in [-0.25, -0.2) is 13.4 Å². The molecule has 2 heterocycles. The Kier molecular flexibility index (Phi) is 6.47. The third kappa shape index (κ3) is 4.49. The molecule has 0 radical (unpaired) electrons. The van der Waals surface area contributed by atoms with Crippen LogP contribution in [0.5, 0.6) is 5.75 Å². The summed E-state index contributed by atoms with van der Waals surface area (Å²) in [5.74, 6) is 0.279. The number of carbonyl (C=O) groups excluding carboxylic acids is 1. The van der Waals surface area contributed by atoms with Crippen LogP contribution in [0.2, 0.25) is 0 Å². The number of methoxy groups -OCH3 is 1. The van der Waals surface area contributed by atoms with Gasteiger partial charge in [0, 0.05) is 25.8 Å². The molecule has 3 aromatic rings. The fourth-order valence-corrected chi connectivity index (χ4v) is 5.78. The van der Waals surface area contributed by atoms with Crippen molar-refractivity contribution in [2.75, 3.05) is 32.6 Å². The van der Waals surface area contributed by atoms with Gasteiger partial charge < -0.3 is 9.47 Å². The molecule has 1 atom stereocenters. The Morgan fingerprint density at radius 1 is 1.28 bits per heavy atom. The van der Waals surface area contributed by atoms with Crippen LogP contribution in [0.1, 0.15) is 28.8 Å². The minimum atomic E-state index is -3.66. The number of anilines is 1. The minimum absolute atomic E-state index is 0.0732. The van der Waals surface area contributed by atoms with Crippen LogP contribution in [0.4, 0.5) is 5.13 Å². The van der Waals surface area contributed by atoms with E-state index >= 15 is 0 Å². The predicted molar refractivity (Wildman–Crippen MR) is 124 cm³/mol. The predicted octanol–water partition coefficient (Wildman–Crippen LogP) is 3.67. The van der Waals surface area contributed by atoms with Crippen LogP contribution in [0.25, 0.3) is 10.2 Å². The molecule has 32 heavy (non-hydrogen) atoms. The second kappa shape index (κ2) is 9.14. The number of rotatable bonds is 7. The Labute approximate surface area is 191 Å². The lowest BCUT2D eigenvalue weighted by Crippen LogP contribution is -2.34. The van der Waals surface area contributed by atoms with Crippen molar-refractivity contribution in [3.8, 4) is 5.75 Å². The van der Waals surface area contributed by atoms with E-state index in [9.17, 15) is 13.2 Å². The standard InChI is InChI=1S/C22H25N3O5S2/c1-14-6-11-18(29-3)19-20(14)31-22(23-19)24-21(26)15-7-9-17(10-8-15)32(27,28)25(2)13-16-5-4-12-30-16/h6-11,16H,4-5,12-13H2,1-3H3,(H,23,24,26)/t16-/m0/s1. The van der Waals surface area contributed by atoms with Crippen molar-refractivity contribution >= 4 is 42.6 Å². The first-order valence-electron chi connectivity index (χ1n) is 10.2. The lowest BCUT2D eigenvalue weighted by atomic mass is 10.2. The Balaban J connectivity index is 1.48. The average Bonchev–Trinajstić information content (AvgIpc) is 3.44. The molecule has 10 heteroatoms. The lowest BCUT2D eigenvalue weighted by Gasteiger charge is -2.20. The van der Waals surface area contributed by atoms with E-state index in [1.54, 1.807) is 14.2 Å². The number of aryl methyl sites for hydroxylation is 1. The lowest BCUT2D eigenvalue weighted by molar-refractivity contribution is 0.0979. The minimum Gasteiger partial charge on any atom is -0.494 e. The van der Waals surface area contributed by atoms with Crippen molar-refractivity contribution < 1.29 is 22.7 Å². The number of nitrogens with one attached hydrogen (secondary N) is 1. The second-order valence-corrected chi connectivity index (χ2v) is 10.7. The molecule has 0 unspecified atom stereocenters. The number of hydrogen-bond acceptors (Lipinski definition) is 7. The highest BCUT2D eigenvalue weighted by Gasteiger charge is 2.26. The molecule has 1 amide bonds. The molecule has 0 aliphatic carbocycles. The quantitative estimate of drug-likeness (QED) is 0.560. The van der Waals surface area contributed by atoms with Gasteiger partial charge in [-0.3, -0.25) is 10.1 Å². The topological polar surface area (TPSA) is 97.8 Å². The monoisotopic (exact) mass is 475 g/mol. The van der Waals surface area contributed by atoms with Gasteiger partial charge in [-0.1, -0.05) is 17.4 Å². The molecule has 8 nitrogen and oxygen atoms in total. The molecule has 0 spiro atoms. The van der Waals surface area contributed by atoms with Crippen molar-refractivity contribution in [2.45, 2.75) is 30.8 Å². The first-order valence-corrected chi connectivity index (χ1v) is 12.5. The molecule has 1 fully saturated rings. The smallest absolute Gasteiger partial charge is 0.257 e. The molecular weight excluding hydrogens is 450 g/mol. The third-order valence-electron chi connectivity index (χ3n) is 5.45. The maximum absolute atomic E-state index is 12.8. The van der Waals surface area contributed by atoms with Crippen molar-refractivity contribution in [3.63, 3.8) is 0 Å². The van der Waals surface area contributed by atoms with Gasteiger partial charge in [0.2, 0.25) is 10.0 Å². The van der Waals surface area contributed by atoms with E-state index in [1.807, 2.05) is 19.1 Å². The molecule has 1 aromatic heterocycles. The first kappa shape index (κ1) is 22.7. The number of hydrogen-bond donors (Lipinski definition) is 1. The Morgan fingerprint density at radius 3 is 2.69 bits per heavy atom. The number of nitrogens with zero attached hydrogens (tertiary/aromatic N) is 2. The summed E-state index contributed by atoms with van der Waals surface area (Å²) < 4.78 is 38.8. The molecular formula is C22H25N3O5S2. The maximum atomic E-state index is 12.8. The van der Waals surface area contributed by atoms with Gasteiger partial charge in [0.05, 0.1) is 22.8 Å². The van der Waals surface area contributed by atoms with E-state index in [4.69, 9.17) is 9.47 Å². The van der Waals surface area contributed by atoms with Crippen molar-refractivity contribution in [3.05, 3.63) is 47.5 Å². The fourth-order valence-electron chi connectivity index (χ4n) is 3.63. The molecule has 1 aliphatic rings. The van der Waals surface area contributed by atoms with Crippen molar-refractivity contribution in [1.29, 1.82) is 0 Å². The zero-order chi connectivity index (χ0) is 22.9. The summed E-state index contributed by atoms with van der Waals surface area (Å²) in [5.41, 5.74) is 2.08. The van der Waals surface area contributed by atoms with Crippen LogP contribution in [0.3, 0.4) is 0 Å². The summed E-state index contributed by atoms with van der Waals surface area (Å²) in [6, 6.07) is 9.68. The van der Waals surface area contributed by atoms with Crippen LogP contribution in [-0.2, 0) is 14.8 Å². The zero-order valence-electron chi connectivity index (χ0n) is 18.1. The Hall–Kier alpha value is -2.53. The molecule has 1 N–H and O–H groups in total. The van der Waals surface area contributed by atoms with Crippen LogP contribution in [0.15, 0.2) is 41.3 Å². The van der Waals surface area contributed by atoms with Crippen LogP contribution < -0.4 is 10.1 Å². The van der Waals surface area contributed by atoms with Gasteiger partial charge >= 0.3 is 0 Å². The highest BCUT2D eigenvalue weighted by Crippen LogP contribution is 2.34. The SMILES string of the molecule is COc1ccc(C)c2sc(NC(=O)c3ccc(S(=O)(=O)N(C)C[C@@H]4CCCO4)cc3)nc12. The zero-order valence-corrected chi connectivity index (χ0v) is 19.8. The fraction of sp³-hybridized carbons (Fsp3) is 0.364. The summed E-state index contributed by atoms with van der Waals surface area (Å²) in [7, 11) is -0.539. The number of sulfonamides is 1. The van der Waals surface area contributed by atoms with E-state index in [1.165, 1.54) is 39.9 Å². The number of aromatic nitrogens is 1. The summed E-state index contributed by atoms with van der Waals surface area (Å²) in [4.78, 5) is 17.3. The molecule has 2 aromatic carbocycles. The normalized spacial score (nSPS) is 16.6. The second-order valence-electron chi connectivity index (χ2n) is 7.68. The Bertz CT molecular complexity index is 1230. The number of carbonyl (C=O) groups is 1. The Morgan fingerprint density at radius 2 is 2.03 bits per heavy atom. The number of benzene rings is 2. The van der Waals surface area contributed by atoms with E-state index < -0.39 is 10.0 Å². The van der Waals surface area contributed by atoms with E-state index in [0.717, 1.165) is 23.1 Å². The van der Waals surface area contributed by atoms with Gasteiger partial charge in [-0.2, -0.15) is 4.31 Å². The summed E-state index contributed by atoms with van der Waals surface area (Å²) in [5, 5.41) is 3.24. The highest BCUT2D eigenvalue weighted by molar-refractivity contribution is 7.89. The van der Waals surface area contributed by atoms with E-state index in [0.29, 0.717) is 35.1 Å². The molecule has 170 valence electrons. The molecule has 4 rings (SSSR count). The first-order chi connectivity index (χ1) is 15.3. The third-order valence-corrected chi connectivity index (χ3v) is 8.40. The van der Waals surface area contributed by atoms with Crippen LogP contribution in [-0.4, -0.2) is 57.0 Å². The number of thiazole rings is 1.